The molecule has 0 amide bonds. The van der Waals surface area contributed by atoms with Gasteiger partial charge in [0.25, 0.3) is 0 Å². The Balaban J connectivity index is 2.31. The van der Waals surface area contributed by atoms with E-state index in [9.17, 15) is 4.79 Å². The molecule has 5 heteroatoms. The van der Waals surface area contributed by atoms with E-state index in [0.29, 0.717) is 22.7 Å². The Labute approximate surface area is 143 Å². The lowest BCUT2D eigenvalue weighted by Crippen LogP contribution is -2.40. The summed E-state index contributed by atoms with van der Waals surface area (Å²) in [7, 11) is 3.18. The number of hydrogen-bond donors (Lipinski definition) is 0. The number of nitrogens with zero attached hydrogens (tertiary/aromatic N) is 1. The molecule has 0 aromatic heterocycles. The number of anilines is 1. The first kappa shape index (κ1) is 18.1. The van der Waals surface area contributed by atoms with Gasteiger partial charge in [-0.25, -0.2) is 4.79 Å². The van der Waals surface area contributed by atoms with Crippen LogP contribution in [0.5, 0.6) is 0 Å². The fourth-order valence-corrected chi connectivity index (χ4v) is 3.72. The van der Waals surface area contributed by atoms with E-state index in [0.717, 1.165) is 43.5 Å². The Bertz CT molecular complexity index is 553. The first-order chi connectivity index (χ1) is 11.0. The van der Waals surface area contributed by atoms with Gasteiger partial charge in [0.15, 0.2) is 0 Å². The van der Waals surface area contributed by atoms with E-state index >= 15 is 0 Å². The Kier molecular flexibility index (Phi) is 6.31. The van der Waals surface area contributed by atoms with Crippen molar-refractivity contribution in [2.75, 3.05) is 25.7 Å². The molecule has 1 aliphatic rings. The van der Waals surface area contributed by atoms with Crippen LogP contribution >= 0.6 is 11.6 Å². The summed E-state index contributed by atoms with van der Waals surface area (Å²) in [6.45, 7) is 4.98. The first-order valence-corrected chi connectivity index (χ1v) is 8.57. The van der Waals surface area contributed by atoms with Gasteiger partial charge in [-0.2, -0.15) is 0 Å². The third-order valence-electron chi connectivity index (χ3n) is 4.82. The molecule has 23 heavy (non-hydrogen) atoms. The number of carbonyl (C=O) groups excluding carboxylic acids is 1. The van der Waals surface area contributed by atoms with Crippen molar-refractivity contribution >= 4 is 23.3 Å². The fraction of sp³-hybridized carbons (Fsp3) is 0.611. The van der Waals surface area contributed by atoms with Crippen molar-refractivity contribution in [1.82, 2.24) is 0 Å². The lowest BCUT2D eigenvalue weighted by molar-refractivity contribution is 0.0600. The average Bonchev–Trinajstić information content (AvgIpc) is 2.58. The normalized spacial score (nSPS) is 21.1. The van der Waals surface area contributed by atoms with Crippen LogP contribution in [0.1, 0.15) is 48.5 Å². The molecule has 0 atom stereocenters. The largest absolute Gasteiger partial charge is 0.465 e. The lowest BCUT2D eigenvalue weighted by atomic mass is 9.91. The van der Waals surface area contributed by atoms with Crippen molar-refractivity contribution < 1.29 is 14.3 Å². The molecule has 1 aliphatic carbocycles. The van der Waals surface area contributed by atoms with Gasteiger partial charge < -0.3 is 14.4 Å². The smallest absolute Gasteiger partial charge is 0.338 e. The van der Waals surface area contributed by atoms with Gasteiger partial charge in [-0.05, 0) is 57.2 Å². The summed E-state index contributed by atoms with van der Waals surface area (Å²) in [6, 6.07) is 4.09. The fourth-order valence-electron chi connectivity index (χ4n) is 3.50. The molecule has 0 aliphatic heterocycles. The molecule has 1 aromatic rings. The third-order valence-corrected chi connectivity index (χ3v) is 5.04. The predicted molar refractivity (Wildman–Crippen MR) is 93.6 cm³/mol. The summed E-state index contributed by atoms with van der Waals surface area (Å²) in [5.74, 6) is -0.342. The Hall–Kier alpha value is -1.26. The van der Waals surface area contributed by atoms with Crippen LogP contribution in [0, 0.1) is 6.92 Å². The maximum absolute atomic E-state index is 12.0. The predicted octanol–water partition coefficient (Wildman–Crippen LogP) is 4.22. The summed E-state index contributed by atoms with van der Waals surface area (Å²) < 4.78 is 10.3. The van der Waals surface area contributed by atoms with Gasteiger partial charge >= 0.3 is 5.97 Å². The average molecular weight is 340 g/mol. The van der Waals surface area contributed by atoms with E-state index in [1.165, 1.54) is 7.11 Å². The van der Waals surface area contributed by atoms with Gasteiger partial charge in [-0.3, -0.25) is 0 Å². The third kappa shape index (κ3) is 3.99. The molecule has 0 radical (unpaired) electrons. The highest BCUT2D eigenvalue weighted by Gasteiger charge is 2.27. The molecule has 0 N–H and O–H groups in total. The molecule has 0 unspecified atom stereocenters. The highest BCUT2D eigenvalue weighted by Crippen LogP contribution is 2.34. The summed E-state index contributed by atoms with van der Waals surface area (Å²) in [4.78, 5) is 14.4. The summed E-state index contributed by atoms with van der Waals surface area (Å²) in [6.07, 6.45) is 4.69. The molecular formula is C18H26ClNO3. The van der Waals surface area contributed by atoms with E-state index in [4.69, 9.17) is 21.1 Å². The molecule has 0 bridgehead atoms. The van der Waals surface area contributed by atoms with Crippen LogP contribution in [-0.4, -0.2) is 38.9 Å². The van der Waals surface area contributed by atoms with Crippen molar-refractivity contribution in [1.29, 1.82) is 0 Å². The van der Waals surface area contributed by atoms with Gasteiger partial charge in [0, 0.05) is 30.4 Å². The summed E-state index contributed by atoms with van der Waals surface area (Å²) in [5, 5.41) is 0.565. The van der Waals surface area contributed by atoms with Crippen molar-refractivity contribution in [3.8, 4) is 0 Å². The van der Waals surface area contributed by atoms with Crippen molar-refractivity contribution in [3.63, 3.8) is 0 Å². The Morgan fingerprint density at radius 3 is 2.43 bits per heavy atom. The topological polar surface area (TPSA) is 38.8 Å². The maximum Gasteiger partial charge on any atom is 0.338 e. The SMILES string of the molecule is CCN(c1cc(Cl)cc(C(=O)OC)c1C)[C@H]1CC[C@H](OC)CC1. The minimum atomic E-state index is -0.342. The van der Waals surface area contributed by atoms with E-state index in [1.807, 2.05) is 13.0 Å². The molecule has 4 nitrogen and oxygen atoms in total. The van der Waals surface area contributed by atoms with Crippen LogP contribution in [0.2, 0.25) is 5.02 Å². The molecule has 1 fully saturated rings. The van der Waals surface area contributed by atoms with Crippen LogP contribution in [0.15, 0.2) is 12.1 Å². The lowest BCUT2D eigenvalue weighted by Gasteiger charge is -2.38. The maximum atomic E-state index is 12.0. The van der Waals surface area contributed by atoms with Crippen LogP contribution < -0.4 is 4.90 Å². The first-order valence-electron chi connectivity index (χ1n) is 8.19. The number of halogens is 1. The van der Waals surface area contributed by atoms with E-state index in [-0.39, 0.29) is 5.97 Å². The minimum Gasteiger partial charge on any atom is -0.465 e. The van der Waals surface area contributed by atoms with Crippen molar-refractivity contribution in [2.45, 2.75) is 51.7 Å². The zero-order valence-corrected chi connectivity index (χ0v) is 15.2. The quantitative estimate of drug-likeness (QED) is 0.753. The molecule has 1 aromatic carbocycles. The van der Waals surface area contributed by atoms with E-state index < -0.39 is 0 Å². The number of benzene rings is 1. The molecule has 128 valence electrons. The standard InChI is InChI=1S/C18H26ClNO3/c1-5-20(14-6-8-15(22-3)9-7-14)17-11-13(19)10-16(12(17)2)18(21)23-4/h10-11,14-15H,5-9H2,1-4H3/t14-,15-. The second-order valence-corrected chi connectivity index (χ2v) is 6.48. The molecule has 0 spiro atoms. The number of hydrogen-bond acceptors (Lipinski definition) is 4. The van der Waals surface area contributed by atoms with Gasteiger partial charge in [0.2, 0.25) is 0 Å². The van der Waals surface area contributed by atoms with Crippen molar-refractivity contribution in [2.24, 2.45) is 0 Å². The molecule has 2 rings (SSSR count). The monoisotopic (exact) mass is 339 g/mol. The molecule has 0 heterocycles. The molecule has 0 saturated heterocycles. The number of esters is 1. The van der Waals surface area contributed by atoms with Crippen LogP contribution in [-0.2, 0) is 9.47 Å². The van der Waals surface area contributed by atoms with Gasteiger partial charge in [-0.1, -0.05) is 11.6 Å². The highest BCUT2D eigenvalue weighted by molar-refractivity contribution is 6.31. The second-order valence-electron chi connectivity index (χ2n) is 6.04. The summed E-state index contributed by atoms with van der Waals surface area (Å²) in [5.41, 5.74) is 2.50. The van der Waals surface area contributed by atoms with Crippen molar-refractivity contribution in [3.05, 3.63) is 28.3 Å². The van der Waals surface area contributed by atoms with Gasteiger partial charge in [0.05, 0.1) is 18.8 Å². The Morgan fingerprint density at radius 1 is 1.26 bits per heavy atom. The second kappa shape index (κ2) is 8.02. The number of carbonyl (C=O) groups is 1. The van der Waals surface area contributed by atoms with Crippen LogP contribution in [0.4, 0.5) is 5.69 Å². The minimum absolute atomic E-state index is 0.342. The number of ether oxygens (including phenoxy) is 2. The molecule has 1 saturated carbocycles. The highest BCUT2D eigenvalue weighted by atomic mass is 35.5. The zero-order valence-electron chi connectivity index (χ0n) is 14.4. The molecular weight excluding hydrogens is 314 g/mol. The van der Waals surface area contributed by atoms with Crippen LogP contribution in [0.3, 0.4) is 0 Å². The van der Waals surface area contributed by atoms with Gasteiger partial charge in [-0.15, -0.1) is 0 Å². The van der Waals surface area contributed by atoms with E-state index in [1.54, 1.807) is 13.2 Å². The number of rotatable bonds is 5. The number of methoxy groups -OCH3 is 2. The zero-order chi connectivity index (χ0) is 17.0. The Morgan fingerprint density at radius 2 is 1.91 bits per heavy atom. The van der Waals surface area contributed by atoms with E-state index in [2.05, 4.69) is 11.8 Å². The summed E-state index contributed by atoms with van der Waals surface area (Å²) >= 11 is 6.25. The van der Waals surface area contributed by atoms with Crippen LogP contribution in [0.25, 0.3) is 0 Å². The van der Waals surface area contributed by atoms with Gasteiger partial charge in [0.1, 0.15) is 0 Å².